The lowest BCUT2D eigenvalue weighted by Gasteiger charge is -2.14. The van der Waals surface area contributed by atoms with Crippen LogP contribution in [0.3, 0.4) is 0 Å². The van der Waals surface area contributed by atoms with Gasteiger partial charge in [0.1, 0.15) is 0 Å². The van der Waals surface area contributed by atoms with E-state index in [-0.39, 0.29) is 5.75 Å². The first kappa shape index (κ1) is 11.8. The summed E-state index contributed by atoms with van der Waals surface area (Å²) >= 11 is 0. The third-order valence-corrected chi connectivity index (χ3v) is 2.52. The summed E-state index contributed by atoms with van der Waals surface area (Å²) in [5.41, 5.74) is 5.63. The number of methoxy groups -OCH3 is 1. The van der Waals surface area contributed by atoms with Crippen LogP contribution in [0.2, 0.25) is 0 Å². The Morgan fingerprint density at radius 2 is 2.00 bits per heavy atom. The average molecular weight is 211 g/mol. The van der Waals surface area contributed by atoms with E-state index in [0.717, 1.165) is 16.7 Å². The van der Waals surface area contributed by atoms with Gasteiger partial charge < -0.3 is 14.7 Å². The summed E-state index contributed by atoms with van der Waals surface area (Å²) < 4.78 is 5.08. The summed E-state index contributed by atoms with van der Waals surface area (Å²) in [7, 11) is 3.08. The first-order valence-corrected chi connectivity index (χ1v) is 4.73. The number of aryl methyl sites for hydroxylation is 1. The molecule has 0 aliphatic carbocycles. The normalized spacial score (nSPS) is 10.4. The number of ether oxygens (including phenoxy) is 1. The Morgan fingerprint density at radius 3 is 2.53 bits per heavy atom. The van der Waals surface area contributed by atoms with Gasteiger partial charge in [-0.05, 0) is 31.0 Å². The second kappa shape index (κ2) is 5.00. The standard InChI is InChI=1S/C11H17NO3/c1-7-5-10(14-3)11(13)9(8(7)2)6-12-15-4/h5,12-13H,6H2,1-4H3. The van der Waals surface area contributed by atoms with Crippen LogP contribution in [-0.2, 0) is 11.4 Å². The van der Waals surface area contributed by atoms with Crippen molar-refractivity contribution in [2.75, 3.05) is 14.2 Å². The van der Waals surface area contributed by atoms with E-state index < -0.39 is 0 Å². The zero-order valence-corrected chi connectivity index (χ0v) is 9.55. The topological polar surface area (TPSA) is 50.7 Å². The number of hydroxylamine groups is 1. The number of hydrogen-bond acceptors (Lipinski definition) is 4. The zero-order chi connectivity index (χ0) is 11.4. The minimum absolute atomic E-state index is 0.171. The molecule has 0 heterocycles. The van der Waals surface area contributed by atoms with Crippen molar-refractivity contribution in [3.05, 3.63) is 22.8 Å². The zero-order valence-electron chi connectivity index (χ0n) is 9.55. The van der Waals surface area contributed by atoms with Crippen molar-refractivity contribution in [1.29, 1.82) is 0 Å². The van der Waals surface area contributed by atoms with Crippen LogP contribution in [0, 0.1) is 13.8 Å². The van der Waals surface area contributed by atoms with Gasteiger partial charge in [0.15, 0.2) is 11.5 Å². The molecule has 1 aromatic rings. The minimum atomic E-state index is 0.171. The fraction of sp³-hybridized carbons (Fsp3) is 0.455. The van der Waals surface area contributed by atoms with E-state index in [1.807, 2.05) is 19.9 Å². The van der Waals surface area contributed by atoms with Gasteiger partial charge in [-0.3, -0.25) is 0 Å². The molecule has 1 rings (SSSR count). The number of phenols is 1. The largest absolute Gasteiger partial charge is 0.504 e. The lowest BCUT2D eigenvalue weighted by molar-refractivity contribution is 0.0859. The van der Waals surface area contributed by atoms with Gasteiger partial charge in [-0.2, -0.15) is 5.48 Å². The second-order valence-corrected chi connectivity index (χ2v) is 3.37. The van der Waals surface area contributed by atoms with Crippen molar-refractivity contribution < 1.29 is 14.7 Å². The molecule has 0 atom stereocenters. The van der Waals surface area contributed by atoms with Crippen LogP contribution in [0.4, 0.5) is 0 Å². The van der Waals surface area contributed by atoms with Crippen LogP contribution in [-0.4, -0.2) is 19.3 Å². The van der Waals surface area contributed by atoms with Crippen molar-refractivity contribution >= 4 is 0 Å². The highest BCUT2D eigenvalue weighted by molar-refractivity contribution is 5.52. The molecule has 0 unspecified atom stereocenters. The van der Waals surface area contributed by atoms with E-state index in [9.17, 15) is 5.11 Å². The smallest absolute Gasteiger partial charge is 0.162 e. The summed E-state index contributed by atoms with van der Waals surface area (Å²) in [5.74, 6) is 0.663. The molecule has 0 spiro atoms. The molecule has 0 aromatic heterocycles. The van der Waals surface area contributed by atoms with Crippen molar-refractivity contribution in [1.82, 2.24) is 5.48 Å². The van der Waals surface area contributed by atoms with Crippen LogP contribution >= 0.6 is 0 Å². The number of aromatic hydroxyl groups is 1. The molecular formula is C11H17NO3. The highest BCUT2D eigenvalue weighted by atomic mass is 16.6. The van der Waals surface area contributed by atoms with Crippen molar-refractivity contribution in [2.24, 2.45) is 0 Å². The van der Waals surface area contributed by atoms with Gasteiger partial charge in [0.25, 0.3) is 0 Å². The van der Waals surface area contributed by atoms with Crippen LogP contribution in [0.25, 0.3) is 0 Å². The number of benzene rings is 1. The average Bonchev–Trinajstić information content (AvgIpc) is 2.23. The van der Waals surface area contributed by atoms with E-state index in [4.69, 9.17) is 9.57 Å². The van der Waals surface area contributed by atoms with Gasteiger partial charge in [-0.25, -0.2) is 0 Å². The molecule has 4 heteroatoms. The Bertz CT molecular complexity index is 350. The molecule has 0 aliphatic rings. The maximum Gasteiger partial charge on any atom is 0.162 e. The summed E-state index contributed by atoms with van der Waals surface area (Å²) in [6.07, 6.45) is 0. The maximum absolute atomic E-state index is 9.90. The van der Waals surface area contributed by atoms with Crippen LogP contribution in [0.1, 0.15) is 16.7 Å². The van der Waals surface area contributed by atoms with Gasteiger partial charge in [0, 0.05) is 5.56 Å². The number of rotatable bonds is 4. The first-order valence-electron chi connectivity index (χ1n) is 4.73. The van der Waals surface area contributed by atoms with E-state index >= 15 is 0 Å². The summed E-state index contributed by atoms with van der Waals surface area (Å²) in [6, 6.07) is 1.82. The Labute approximate surface area is 89.8 Å². The SMILES string of the molecule is CONCc1c(C)c(C)cc(OC)c1O. The molecule has 84 valence electrons. The Kier molecular flexibility index (Phi) is 3.94. The molecule has 0 amide bonds. The second-order valence-electron chi connectivity index (χ2n) is 3.37. The number of hydrogen-bond donors (Lipinski definition) is 2. The van der Waals surface area contributed by atoms with E-state index in [1.165, 1.54) is 7.11 Å². The fourth-order valence-electron chi connectivity index (χ4n) is 1.45. The van der Waals surface area contributed by atoms with Gasteiger partial charge in [0.2, 0.25) is 0 Å². The van der Waals surface area contributed by atoms with Crippen molar-refractivity contribution in [3.8, 4) is 11.5 Å². The summed E-state index contributed by atoms with van der Waals surface area (Å²) in [4.78, 5) is 4.77. The maximum atomic E-state index is 9.90. The van der Waals surface area contributed by atoms with E-state index in [2.05, 4.69) is 5.48 Å². The van der Waals surface area contributed by atoms with Gasteiger partial charge in [-0.1, -0.05) is 0 Å². The molecule has 0 aliphatic heterocycles. The lowest BCUT2D eigenvalue weighted by atomic mass is 10.0. The molecule has 15 heavy (non-hydrogen) atoms. The molecule has 0 radical (unpaired) electrons. The Hall–Kier alpha value is -1.26. The Balaban J connectivity index is 3.15. The van der Waals surface area contributed by atoms with Crippen LogP contribution in [0.5, 0.6) is 11.5 Å². The first-order chi connectivity index (χ1) is 7.11. The molecule has 2 N–H and O–H groups in total. The minimum Gasteiger partial charge on any atom is -0.504 e. The van der Waals surface area contributed by atoms with Crippen LogP contribution in [0.15, 0.2) is 6.07 Å². The Morgan fingerprint density at radius 1 is 1.33 bits per heavy atom. The molecule has 0 fully saturated rings. The highest BCUT2D eigenvalue weighted by Crippen LogP contribution is 2.34. The molecule has 4 nitrogen and oxygen atoms in total. The monoisotopic (exact) mass is 211 g/mol. The summed E-state index contributed by atoms with van der Waals surface area (Å²) in [5, 5.41) is 9.90. The molecule has 0 saturated heterocycles. The molecule has 1 aromatic carbocycles. The number of phenolic OH excluding ortho intramolecular Hbond substituents is 1. The predicted octanol–water partition coefficient (Wildman–Crippen LogP) is 1.67. The predicted molar refractivity (Wildman–Crippen MR) is 58.0 cm³/mol. The van der Waals surface area contributed by atoms with E-state index in [0.29, 0.717) is 12.3 Å². The van der Waals surface area contributed by atoms with Gasteiger partial charge in [0.05, 0.1) is 20.8 Å². The lowest BCUT2D eigenvalue weighted by Crippen LogP contribution is -2.12. The fourth-order valence-corrected chi connectivity index (χ4v) is 1.45. The van der Waals surface area contributed by atoms with Gasteiger partial charge in [-0.15, -0.1) is 0 Å². The van der Waals surface area contributed by atoms with Crippen molar-refractivity contribution in [2.45, 2.75) is 20.4 Å². The van der Waals surface area contributed by atoms with E-state index in [1.54, 1.807) is 7.11 Å². The molecular weight excluding hydrogens is 194 g/mol. The highest BCUT2D eigenvalue weighted by Gasteiger charge is 2.13. The third kappa shape index (κ3) is 2.40. The quantitative estimate of drug-likeness (QED) is 0.744. The van der Waals surface area contributed by atoms with Crippen molar-refractivity contribution in [3.63, 3.8) is 0 Å². The summed E-state index contributed by atoms with van der Waals surface area (Å²) in [6.45, 7) is 4.39. The third-order valence-electron chi connectivity index (χ3n) is 2.52. The van der Waals surface area contributed by atoms with Gasteiger partial charge >= 0.3 is 0 Å². The van der Waals surface area contributed by atoms with Crippen LogP contribution < -0.4 is 10.2 Å². The number of nitrogens with one attached hydrogen (secondary N) is 1. The molecule has 0 bridgehead atoms. The molecule has 0 saturated carbocycles.